The molecule has 5 rings (SSSR count). The number of benzene rings is 1. The summed E-state index contributed by atoms with van der Waals surface area (Å²) >= 11 is 0. The van der Waals surface area contributed by atoms with Crippen LogP contribution in [0.15, 0.2) is 57.6 Å². The molecule has 1 aliphatic rings. The third kappa shape index (κ3) is 3.47. The number of rotatable bonds is 4. The minimum absolute atomic E-state index is 0. The van der Waals surface area contributed by atoms with E-state index in [4.69, 9.17) is 19.8 Å². The third-order valence-corrected chi connectivity index (χ3v) is 5.31. The molecule has 1 saturated carbocycles. The van der Waals surface area contributed by atoms with Gasteiger partial charge in [-0.25, -0.2) is 4.68 Å². The van der Waals surface area contributed by atoms with Gasteiger partial charge in [-0.05, 0) is 44.0 Å². The Balaban J connectivity index is 0.00000205. The minimum Gasteiger partial charge on any atom is -0.460 e. The topological polar surface area (TPSA) is 95.9 Å². The Bertz CT molecular complexity index is 1110. The van der Waals surface area contributed by atoms with Crippen molar-refractivity contribution in [1.82, 2.24) is 19.9 Å². The maximum absolute atomic E-state index is 6.50. The number of nitrogens with zero attached hydrogens (tertiary/aromatic N) is 4. The number of hydrogen-bond acceptors (Lipinski definition) is 6. The highest BCUT2D eigenvalue weighted by molar-refractivity contribution is 5.85. The summed E-state index contributed by atoms with van der Waals surface area (Å²) in [4.78, 5) is 4.64. The van der Waals surface area contributed by atoms with Crippen LogP contribution in [0.5, 0.6) is 0 Å². The second-order valence-electron chi connectivity index (χ2n) is 7.37. The lowest BCUT2D eigenvalue weighted by molar-refractivity contribution is 0.372. The average Bonchev–Trinajstić information content (AvgIpc) is 3.48. The lowest BCUT2D eigenvalue weighted by Gasteiger charge is -2.17. The fourth-order valence-corrected chi connectivity index (χ4v) is 3.75. The van der Waals surface area contributed by atoms with Crippen molar-refractivity contribution in [2.24, 2.45) is 5.73 Å². The molecule has 3 aromatic heterocycles. The molecule has 0 unspecified atom stereocenters. The van der Waals surface area contributed by atoms with Crippen molar-refractivity contribution in [3.05, 3.63) is 60.2 Å². The predicted molar refractivity (Wildman–Crippen MR) is 111 cm³/mol. The zero-order valence-corrected chi connectivity index (χ0v) is 16.9. The van der Waals surface area contributed by atoms with Crippen molar-refractivity contribution in [2.45, 2.75) is 38.1 Å². The monoisotopic (exact) mass is 411 g/mol. The molecular formula is C21H22ClN5O2. The normalized spacial score (nSPS) is 15.4. The number of aromatic nitrogens is 4. The van der Waals surface area contributed by atoms with Crippen LogP contribution in [0.4, 0.5) is 0 Å². The first kappa shape index (κ1) is 19.4. The maximum Gasteiger partial charge on any atom is 0.261 e. The molecule has 0 atom stereocenters. The van der Waals surface area contributed by atoms with Gasteiger partial charge in [-0.3, -0.25) is 0 Å². The van der Waals surface area contributed by atoms with Crippen LogP contribution >= 0.6 is 12.4 Å². The highest BCUT2D eigenvalue weighted by atomic mass is 35.5. The smallest absolute Gasteiger partial charge is 0.261 e. The Kier molecular flexibility index (Phi) is 5.02. The summed E-state index contributed by atoms with van der Waals surface area (Å²) in [7, 11) is 0. The summed E-state index contributed by atoms with van der Waals surface area (Å²) in [6.07, 6.45) is 5.81. The Morgan fingerprint density at radius 1 is 1.07 bits per heavy atom. The van der Waals surface area contributed by atoms with Crippen molar-refractivity contribution in [1.29, 1.82) is 0 Å². The fourth-order valence-electron chi connectivity index (χ4n) is 3.75. The van der Waals surface area contributed by atoms with E-state index in [1.165, 1.54) is 0 Å². The standard InChI is InChI=1S/C21H21N5O2.ClH/c1-14-9-10-17(27-14)18-16(13-26(24-18)15-7-3-2-4-8-15)19-23-20(25-28-19)21(22)11-5-6-12-21;/h2-4,7-10,13H,5-6,11-12,22H2,1H3;1H. The highest BCUT2D eigenvalue weighted by Gasteiger charge is 2.36. The fraction of sp³-hybridized carbons (Fsp3) is 0.286. The van der Waals surface area contributed by atoms with Gasteiger partial charge in [-0.15, -0.1) is 12.4 Å². The highest BCUT2D eigenvalue weighted by Crippen LogP contribution is 2.37. The van der Waals surface area contributed by atoms with Gasteiger partial charge in [0.2, 0.25) is 0 Å². The number of nitrogens with two attached hydrogens (primary N) is 1. The molecule has 1 aromatic carbocycles. The first-order valence-corrected chi connectivity index (χ1v) is 9.48. The zero-order chi connectivity index (χ0) is 19.1. The SMILES string of the molecule is Cc1ccc(-c2nn(-c3ccccc3)cc2-c2nc(C3(N)CCCC3)no2)o1.Cl. The zero-order valence-electron chi connectivity index (χ0n) is 16.0. The van der Waals surface area contributed by atoms with Crippen LogP contribution in [0.2, 0.25) is 0 Å². The number of halogens is 1. The molecule has 29 heavy (non-hydrogen) atoms. The molecule has 0 radical (unpaired) electrons. The average molecular weight is 412 g/mol. The molecule has 0 spiro atoms. The Hall–Kier alpha value is -2.90. The van der Waals surface area contributed by atoms with Crippen LogP contribution in [0.1, 0.15) is 37.3 Å². The number of para-hydroxylation sites is 1. The summed E-state index contributed by atoms with van der Waals surface area (Å²) in [6, 6.07) is 13.7. The first-order chi connectivity index (χ1) is 13.6. The van der Waals surface area contributed by atoms with Crippen molar-refractivity contribution in [3.63, 3.8) is 0 Å². The Morgan fingerprint density at radius 3 is 2.52 bits per heavy atom. The van der Waals surface area contributed by atoms with Gasteiger partial charge >= 0.3 is 0 Å². The molecule has 0 aliphatic heterocycles. The van der Waals surface area contributed by atoms with Gasteiger partial charge in [-0.2, -0.15) is 10.1 Å². The summed E-state index contributed by atoms with van der Waals surface area (Å²) in [5.41, 5.74) is 8.31. The van der Waals surface area contributed by atoms with Gasteiger partial charge < -0.3 is 14.7 Å². The molecule has 0 bridgehead atoms. The van der Waals surface area contributed by atoms with Gasteiger partial charge in [0.15, 0.2) is 11.6 Å². The molecule has 1 fully saturated rings. The van der Waals surface area contributed by atoms with E-state index in [9.17, 15) is 0 Å². The van der Waals surface area contributed by atoms with E-state index in [1.807, 2.05) is 55.6 Å². The van der Waals surface area contributed by atoms with Gasteiger partial charge in [0.05, 0.1) is 16.8 Å². The summed E-state index contributed by atoms with van der Waals surface area (Å²) < 4.78 is 13.2. The summed E-state index contributed by atoms with van der Waals surface area (Å²) in [5, 5.41) is 8.92. The van der Waals surface area contributed by atoms with E-state index in [0.717, 1.165) is 42.7 Å². The van der Waals surface area contributed by atoms with E-state index in [1.54, 1.807) is 4.68 Å². The minimum atomic E-state index is -0.501. The van der Waals surface area contributed by atoms with Crippen molar-refractivity contribution in [3.8, 4) is 28.6 Å². The predicted octanol–water partition coefficient (Wildman–Crippen LogP) is 4.64. The lowest BCUT2D eigenvalue weighted by atomic mass is 9.99. The van der Waals surface area contributed by atoms with Crippen LogP contribution in [0, 0.1) is 6.92 Å². The van der Waals surface area contributed by atoms with Crippen LogP contribution in [-0.4, -0.2) is 19.9 Å². The molecule has 150 valence electrons. The Morgan fingerprint density at radius 2 is 1.83 bits per heavy atom. The number of hydrogen-bond donors (Lipinski definition) is 1. The van der Waals surface area contributed by atoms with Gasteiger partial charge in [0, 0.05) is 6.20 Å². The van der Waals surface area contributed by atoms with Crippen LogP contribution in [0.3, 0.4) is 0 Å². The van der Waals surface area contributed by atoms with Crippen molar-refractivity contribution < 1.29 is 8.94 Å². The van der Waals surface area contributed by atoms with E-state index in [0.29, 0.717) is 23.2 Å². The van der Waals surface area contributed by atoms with Gasteiger partial charge in [-0.1, -0.05) is 36.2 Å². The van der Waals surface area contributed by atoms with E-state index < -0.39 is 5.54 Å². The lowest BCUT2D eigenvalue weighted by Crippen LogP contribution is -2.34. The third-order valence-electron chi connectivity index (χ3n) is 5.31. The van der Waals surface area contributed by atoms with E-state index in [2.05, 4.69) is 10.1 Å². The second-order valence-corrected chi connectivity index (χ2v) is 7.37. The second kappa shape index (κ2) is 7.50. The quantitative estimate of drug-likeness (QED) is 0.525. The molecule has 0 amide bonds. The molecule has 0 saturated heterocycles. The molecule has 7 nitrogen and oxygen atoms in total. The largest absolute Gasteiger partial charge is 0.460 e. The van der Waals surface area contributed by atoms with Crippen molar-refractivity contribution in [2.75, 3.05) is 0 Å². The summed E-state index contributed by atoms with van der Waals surface area (Å²) in [5.74, 6) is 2.44. The first-order valence-electron chi connectivity index (χ1n) is 9.48. The number of furan rings is 1. The van der Waals surface area contributed by atoms with Crippen LogP contribution < -0.4 is 5.73 Å². The molecule has 4 aromatic rings. The van der Waals surface area contributed by atoms with Crippen LogP contribution in [-0.2, 0) is 5.54 Å². The molecule has 8 heteroatoms. The molecule has 2 N–H and O–H groups in total. The van der Waals surface area contributed by atoms with Crippen LogP contribution in [0.25, 0.3) is 28.6 Å². The maximum atomic E-state index is 6.50. The number of aryl methyl sites for hydroxylation is 1. The molecule has 3 heterocycles. The van der Waals surface area contributed by atoms with Gasteiger partial charge in [0.25, 0.3) is 5.89 Å². The van der Waals surface area contributed by atoms with E-state index >= 15 is 0 Å². The molecular weight excluding hydrogens is 390 g/mol. The van der Waals surface area contributed by atoms with Crippen molar-refractivity contribution >= 4 is 12.4 Å². The summed E-state index contributed by atoms with van der Waals surface area (Å²) in [6.45, 7) is 1.90. The van der Waals surface area contributed by atoms with E-state index in [-0.39, 0.29) is 12.4 Å². The molecule has 1 aliphatic carbocycles. The van der Waals surface area contributed by atoms with Gasteiger partial charge in [0.1, 0.15) is 11.5 Å². The Labute approximate surface area is 174 Å².